The quantitative estimate of drug-likeness (QED) is 0.773. The molecule has 2 unspecified atom stereocenters. The summed E-state index contributed by atoms with van der Waals surface area (Å²) in [5, 5.41) is 19.2. The monoisotopic (exact) mass is 265 g/mol. The van der Waals surface area contributed by atoms with Crippen LogP contribution in [0.15, 0.2) is 0 Å². The molecule has 5 heteroatoms. The Morgan fingerprint density at radius 1 is 1.37 bits per heavy atom. The average molecular weight is 265 g/mol. The summed E-state index contributed by atoms with van der Waals surface area (Å²) >= 11 is 0. The molecular weight excluding hydrogens is 242 g/mol. The zero-order valence-electron chi connectivity index (χ0n) is 11.7. The second-order valence-corrected chi connectivity index (χ2v) is 5.51. The van der Waals surface area contributed by atoms with Crippen molar-refractivity contribution < 1.29 is 9.90 Å². The van der Waals surface area contributed by atoms with Gasteiger partial charge in [0, 0.05) is 18.8 Å². The summed E-state index contributed by atoms with van der Waals surface area (Å²) in [6.45, 7) is 4.56. The van der Waals surface area contributed by atoms with Crippen molar-refractivity contribution in [3.05, 3.63) is 17.0 Å². The molecule has 1 aliphatic carbocycles. The summed E-state index contributed by atoms with van der Waals surface area (Å²) in [5.41, 5.74) is 2.19. The van der Waals surface area contributed by atoms with E-state index in [1.54, 1.807) is 0 Å². The number of amides is 1. The molecule has 0 aliphatic heterocycles. The third kappa shape index (κ3) is 3.15. The van der Waals surface area contributed by atoms with Crippen LogP contribution >= 0.6 is 0 Å². The number of nitrogens with zero attached hydrogens (tertiary/aromatic N) is 1. The van der Waals surface area contributed by atoms with Gasteiger partial charge in [-0.15, -0.1) is 0 Å². The first-order valence-corrected chi connectivity index (χ1v) is 7.04. The Morgan fingerprint density at radius 2 is 2.05 bits per heavy atom. The van der Waals surface area contributed by atoms with Crippen LogP contribution in [0.3, 0.4) is 0 Å². The predicted octanol–water partition coefficient (Wildman–Crippen LogP) is 1.56. The Hall–Kier alpha value is -1.36. The molecule has 5 nitrogen and oxygen atoms in total. The van der Waals surface area contributed by atoms with Gasteiger partial charge in [0.05, 0.1) is 11.3 Å². The van der Waals surface area contributed by atoms with Crippen molar-refractivity contribution in [1.29, 1.82) is 0 Å². The zero-order chi connectivity index (χ0) is 13.8. The van der Waals surface area contributed by atoms with Gasteiger partial charge < -0.3 is 10.4 Å². The van der Waals surface area contributed by atoms with Crippen LogP contribution in [0.4, 0.5) is 0 Å². The number of aliphatic hydroxyl groups excluding tert-OH is 1. The first-order chi connectivity index (χ1) is 9.13. The molecule has 1 aromatic heterocycles. The lowest BCUT2D eigenvalue weighted by Crippen LogP contribution is -2.35. The van der Waals surface area contributed by atoms with Crippen LogP contribution in [-0.4, -0.2) is 34.4 Å². The minimum absolute atomic E-state index is 0.0639. The minimum atomic E-state index is -0.0639. The van der Waals surface area contributed by atoms with Crippen LogP contribution in [0, 0.1) is 25.7 Å². The van der Waals surface area contributed by atoms with Crippen LogP contribution in [0.25, 0.3) is 0 Å². The molecule has 1 fully saturated rings. The van der Waals surface area contributed by atoms with E-state index in [4.69, 9.17) is 0 Å². The fourth-order valence-corrected chi connectivity index (χ4v) is 2.99. The molecule has 19 heavy (non-hydrogen) atoms. The standard InChI is InChI=1S/C14H23N3O2/c1-9-13(10(2)17-16-9)14(19)15-7-11-5-3-4-6-12(11)8-18/h11-12,18H,3-8H2,1-2H3,(H,15,19)(H,16,17). The molecule has 0 aromatic carbocycles. The van der Waals surface area contributed by atoms with Gasteiger partial charge in [0.15, 0.2) is 0 Å². The first-order valence-electron chi connectivity index (χ1n) is 7.04. The third-order valence-electron chi connectivity index (χ3n) is 4.18. The van der Waals surface area contributed by atoms with Crippen molar-refractivity contribution in [3.63, 3.8) is 0 Å². The number of hydrogen-bond acceptors (Lipinski definition) is 3. The number of carbonyl (C=O) groups is 1. The van der Waals surface area contributed by atoms with Gasteiger partial charge >= 0.3 is 0 Å². The third-order valence-corrected chi connectivity index (χ3v) is 4.18. The molecular formula is C14H23N3O2. The molecule has 1 aliphatic rings. The van der Waals surface area contributed by atoms with E-state index in [2.05, 4.69) is 15.5 Å². The largest absolute Gasteiger partial charge is 0.396 e. The van der Waals surface area contributed by atoms with Gasteiger partial charge in [0.2, 0.25) is 0 Å². The number of H-pyrrole nitrogens is 1. The normalized spacial score (nSPS) is 23.3. The van der Waals surface area contributed by atoms with Gasteiger partial charge in [-0.05, 0) is 38.5 Å². The van der Waals surface area contributed by atoms with Gasteiger partial charge in [-0.3, -0.25) is 9.89 Å². The van der Waals surface area contributed by atoms with E-state index in [-0.39, 0.29) is 12.5 Å². The molecule has 1 saturated carbocycles. The molecule has 1 amide bonds. The second kappa shape index (κ2) is 6.19. The SMILES string of the molecule is Cc1n[nH]c(C)c1C(=O)NCC1CCCCC1CO. The molecule has 2 rings (SSSR count). The Kier molecular flexibility index (Phi) is 4.58. The summed E-state index contributed by atoms with van der Waals surface area (Å²) in [6, 6.07) is 0. The van der Waals surface area contributed by atoms with E-state index in [9.17, 15) is 9.90 Å². The maximum absolute atomic E-state index is 12.2. The Morgan fingerprint density at radius 3 is 2.63 bits per heavy atom. The van der Waals surface area contributed by atoms with Gasteiger partial charge in [0.1, 0.15) is 0 Å². The fourth-order valence-electron chi connectivity index (χ4n) is 2.99. The van der Waals surface area contributed by atoms with Crippen LogP contribution < -0.4 is 5.32 Å². The highest BCUT2D eigenvalue weighted by Gasteiger charge is 2.25. The number of nitrogens with one attached hydrogen (secondary N) is 2. The number of aromatic amines is 1. The van der Waals surface area contributed by atoms with Crippen LogP contribution in [0.5, 0.6) is 0 Å². The summed E-state index contributed by atoms with van der Waals surface area (Å²) in [4.78, 5) is 12.2. The molecule has 0 bridgehead atoms. The molecule has 1 heterocycles. The topological polar surface area (TPSA) is 78.0 Å². The van der Waals surface area contributed by atoms with E-state index in [0.717, 1.165) is 24.2 Å². The number of hydrogen-bond donors (Lipinski definition) is 3. The van der Waals surface area contributed by atoms with Crippen molar-refractivity contribution in [2.24, 2.45) is 11.8 Å². The number of aryl methyl sites for hydroxylation is 2. The van der Waals surface area contributed by atoms with Gasteiger partial charge in [0.25, 0.3) is 5.91 Å². The lowest BCUT2D eigenvalue weighted by molar-refractivity contribution is 0.0908. The Bertz CT molecular complexity index is 422. The Balaban J connectivity index is 1.93. The van der Waals surface area contributed by atoms with E-state index in [0.29, 0.717) is 23.9 Å². The molecule has 0 spiro atoms. The van der Waals surface area contributed by atoms with E-state index in [1.165, 1.54) is 12.8 Å². The van der Waals surface area contributed by atoms with Gasteiger partial charge in [-0.25, -0.2) is 0 Å². The lowest BCUT2D eigenvalue weighted by Gasteiger charge is -2.30. The zero-order valence-corrected chi connectivity index (χ0v) is 11.7. The summed E-state index contributed by atoms with van der Waals surface area (Å²) in [5.74, 6) is 0.668. The molecule has 1 aromatic rings. The van der Waals surface area contributed by atoms with E-state index >= 15 is 0 Å². The second-order valence-electron chi connectivity index (χ2n) is 5.51. The van der Waals surface area contributed by atoms with E-state index < -0.39 is 0 Å². The maximum atomic E-state index is 12.2. The van der Waals surface area contributed by atoms with Crippen LogP contribution in [0.1, 0.15) is 47.4 Å². The highest BCUT2D eigenvalue weighted by Crippen LogP contribution is 2.29. The molecule has 0 saturated heterocycles. The minimum Gasteiger partial charge on any atom is -0.396 e. The van der Waals surface area contributed by atoms with Crippen molar-refractivity contribution in [3.8, 4) is 0 Å². The Labute approximate surface area is 113 Å². The van der Waals surface area contributed by atoms with E-state index in [1.807, 2.05) is 13.8 Å². The average Bonchev–Trinajstić information content (AvgIpc) is 2.76. The van der Waals surface area contributed by atoms with Crippen molar-refractivity contribution in [2.45, 2.75) is 39.5 Å². The number of aliphatic hydroxyl groups is 1. The fraction of sp³-hybridized carbons (Fsp3) is 0.714. The summed E-state index contributed by atoms with van der Waals surface area (Å²) in [6.07, 6.45) is 4.55. The lowest BCUT2D eigenvalue weighted by atomic mass is 9.79. The predicted molar refractivity (Wildman–Crippen MR) is 72.9 cm³/mol. The first kappa shape index (κ1) is 14.1. The van der Waals surface area contributed by atoms with Crippen molar-refractivity contribution in [1.82, 2.24) is 15.5 Å². The highest BCUT2D eigenvalue weighted by atomic mass is 16.3. The molecule has 0 radical (unpaired) electrons. The highest BCUT2D eigenvalue weighted by molar-refractivity contribution is 5.96. The molecule has 2 atom stereocenters. The van der Waals surface area contributed by atoms with Crippen LogP contribution in [-0.2, 0) is 0 Å². The maximum Gasteiger partial charge on any atom is 0.255 e. The molecule has 3 N–H and O–H groups in total. The smallest absolute Gasteiger partial charge is 0.255 e. The van der Waals surface area contributed by atoms with Gasteiger partial charge in [-0.2, -0.15) is 5.10 Å². The summed E-state index contributed by atoms with van der Waals surface area (Å²) < 4.78 is 0. The number of aromatic nitrogens is 2. The molecule has 106 valence electrons. The number of rotatable bonds is 4. The van der Waals surface area contributed by atoms with Crippen molar-refractivity contribution >= 4 is 5.91 Å². The van der Waals surface area contributed by atoms with Crippen molar-refractivity contribution in [2.75, 3.05) is 13.2 Å². The van der Waals surface area contributed by atoms with Crippen LogP contribution in [0.2, 0.25) is 0 Å². The summed E-state index contributed by atoms with van der Waals surface area (Å²) in [7, 11) is 0. The number of carbonyl (C=O) groups excluding carboxylic acids is 1. The van der Waals surface area contributed by atoms with Gasteiger partial charge in [-0.1, -0.05) is 12.8 Å².